The molecule has 2 aliphatic heterocycles. The molecule has 120 valence electrons. The molecular weight excluding hydrogens is 326 g/mol. The van der Waals surface area contributed by atoms with Crippen molar-refractivity contribution < 1.29 is 14.3 Å². The Morgan fingerprint density at radius 3 is 2.75 bits per heavy atom. The smallest absolute Gasteiger partial charge is 0.231 e. The predicted molar refractivity (Wildman–Crippen MR) is 90.7 cm³/mol. The van der Waals surface area contributed by atoms with Crippen molar-refractivity contribution in [2.45, 2.75) is 18.8 Å². The van der Waals surface area contributed by atoms with E-state index >= 15 is 0 Å². The Bertz CT molecular complexity index is 919. The molecule has 0 fully saturated rings. The molecule has 4 nitrogen and oxygen atoms in total. The van der Waals surface area contributed by atoms with Gasteiger partial charge in [-0.05, 0) is 35.7 Å². The molecule has 2 aromatic carbocycles. The standard InChI is InChI=1S/C19H14ClNO3/c20-11-3-1-2-10(6-11)18-12-7-16-17(24-9-23-16)8-14(12)21-13-4-5-15(22)19(13)18/h1-3,6-8,18,21H,4-5,9H2. The number of ketones is 1. The van der Waals surface area contributed by atoms with Crippen molar-refractivity contribution in [2.24, 2.45) is 0 Å². The number of carbonyl (C=O) groups is 1. The summed E-state index contributed by atoms with van der Waals surface area (Å²) in [6.07, 6.45) is 1.30. The van der Waals surface area contributed by atoms with Crippen LogP contribution in [0.4, 0.5) is 5.69 Å². The predicted octanol–water partition coefficient (Wildman–Crippen LogP) is 4.24. The number of anilines is 1. The summed E-state index contributed by atoms with van der Waals surface area (Å²) in [6, 6.07) is 11.7. The van der Waals surface area contributed by atoms with Gasteiger partial charge in [0.15, 0.2) is 17.3 Å². The van der Waals surface area contributed by atoms with E-state index in [2.05, 4.69) is 5.32 Å². The van der Waals surface area contributed by atoms with Gasteiger partial charge < -0.3 is 14.8 Å². The lowest BCUT2D eigenvalue weighted by molar-refractivity contribution is -0.115. The lowest BCUT2D eigenvalue weighted by Gasteiger charge is -2.29. The van der Waals surface area contributed by atoms with E-state index in [-0.39, 0.29) is 18.5 Å². The molecule has 1 N–H and O–H groups in total. The largest absolute Gasteiger partial charge is 0.454 e. The number of benzene rings is 2. The Hall–Kier alpha value is -2.46. The second kappa shape index (κ2) is 5.02. The Balaban J connectivity index is 1.75. The molecule has 3 aliphatic rings. The molecule has 0 bridgehead atoms. The van der Waals surface area contributed by atoms with E-state index in [1.807, 2.05) is 36.4 Å². The van der Waals surface area contributed by atoms with E-state index in [1.165, 1.54) is 0 Å². The zero-order chi connectivity index (χ0) is 16.3. The van der Waals surface area contributed by atoms with Gasteiger partial charge in [-0.3, -0.25) is 4.79 Å². The number of allylic oxidation sites excluding steroid dienone is 2. The maximum Gasteiger partial charge on any atom is 0.231 e. The number of hydrogen-bond acceptors (Lipinski definition) is 4. The van der Waals surface area contributed by atoms with Gasteiger partial charge >= 0.3 is 0 Å². The highest BCUT2D eigenvalue weighted by Crippen LogP contribution is 2.50. The van der Waals surface area contributed by atoms with Crippen molar-refractivity contribution in [1.82, 2.24) is 0 Å². The number of fused-ring (bicyclic) bond motifs is 2. The molecule has 0 saturated carbocycles. The van der Waals surface area contributed by atoms with Crippen LogP contribution in [0.3, 0.4) is 0 Å². The number of nitrogens with one attached hydrogen (secondary N) is 1. The molecule has 0 amide bonds. The Labute approximate surface area is 144 Å². The van der Waals surface area contributed by atoms with Gasteiger partial charge in [-0.1, -0.05) is 23.7 Å². The molecule has 1 unspecified atom stereocenters. The second-order valence-corrected chi connectivity index (χ2v) is 6.66. The number of hydrogen-bond donors (Lipinski definition) is 1. The van der Waals surface area contributed by atoms with Gasteiger partial charge in [0.1, 0.15) is 0 Å². The SMILES string of the molecule is O=C1CCC2=C1C(c1cccc(Cl)c1)c1cc3c(cc1N2)OCO3. The van der Waals surface area contributed by atoms with Crippen LogP contribution in [-0.2, 0) is 4.79 Å². The molecular formula is C19H14ClNO3. The fourth-order valence-electron chi connectivity index (χ4n) is 3.80. The average molecular weight is 340 g/mol. The van der Waals surface area contributed by atoms with Gasteiger partial charge in [0.2, 0.25) is 6.79 Å². The van der Waals surface area contributed by atoms with Crippen molar-refractivity contribution in [2.75, 3.05) is 12.1 Å². The summed E-state index contributed by atoms with van der Waals surface area (Å²) in [5.74, 6) is 1.53. The topological polar surface area (TPSA) is 47.6 Å². The first-order valence-corrected chi connectivity index (χ1v) is 8.31. The minimum Gasteiger partial charge on any atom is -0.454 e. The summed E-state index contributed by atoms with van der Waals surface area (Å²) in [5.41, 5.74) is 4.88. The van der Waals surface area contributed by atoms with Gasteiger partial charge in [-0.15, -0.1) is 0 Å². The van der Waals surface area contributed by atoms with E-state index in [1.54, 1.807) is 0 Å². The maximum atomic E-state index is 12.5. The van der Waals surface area contributed by atoms with E-state index in [0.29, 0.717) is 11.4 Å². The van der Waals surface area contributed by atoms with Crippen molar-refractivity contribution in [1.29, 1.82) is 0 Å². The van der Waals surface area contributed by atoms with Crippen LogP contribution in [0.25, 0.3) is 0 Å². The van der Waals surface area contributed by atoms with Crippen LogP contribution in [0.5, 0.6) is 11.5 Å². The van der Waals surface area contributed by atoms with Gasteiger partial charge in [0.05, 0.1) is 0 Å². The normalized spacial score (nSPS) is 20.7. The number of rotatable bonds is 1. The Kier molecular flexibility index (Phi) is 2.91. The molecule has 1 atom stereocenters. The molecule has 24 heavy (non-hydrogen) atoms. The van der Waals surface area contributed by atoms with E-state index in [4.69, 9.17) is 21.1 Å². The fraction of sp³-hybridized carbons (Fsp3) is 0.211. The van der Waals surface area contributed by atoms with Crippen LogP contribution in [0.2, 0.25) is 5.02 Å². The lowest BCUT2D eigenvalue weighted by Crippen LogP contribution is -2.19. The Morgan fingerprint density at radius 2 is 1.92 bits per heavy atom. The minimum absolute atomic E-state index is 0.126. The van der Waals surface area contributed by atoms with Gasteiger partial charge in [-0.2, -0.15) is 0 Å². The Morgan fingerprint density at radius 1 is 1.08 bits per heavy atom. The highest BCUT2D eigenvalue weighted by atomic mass is 35.5. The third-order valence-electron chi connectivity index (χ3n) is 4.84. The maximum absolute atomic E-state index is 12.5. The molecule has 2 aromatic rings. The highest BCUT2D eigenvalue weighted by molar-refractivity contribution is 6.30. The first-order valence-electron chi connectivity index (χ1n) is 7.93. The zero-order valence-corrected chi connectivity index (χ0v) is 13.5. The van der Waals surface area contributed by atoms with Crippen LogP contribution < -0.4 is 14.8 Å². The summed E-state index contributed by atoms with van der Waals surface area (Å²) in [6.45, 7) is 0.228. The van der Waals surface area contributed by atoms with Crippen LogP contribution >= 0.6 is 11.6 Å². The molecule has 2 heterocycles. The van der Waals surface area contributed by atoms with Crippen molar-refractivity contribution >= 4 is 23.1 Å². The van der Waals surface area contributed by atoms with Gasteiger partial charge in [0.25, 0.3) is 0 Å². The van der Waals surface area contributed by atoms with Crippen LogP contribution in [0.1, 0.15) is 29.9 Å². The average Bonchev–Trinajstić information content (AvgIpc) is 3.17. The fourth-order valence-corrected chi connectivity index (χ4v) is 4.00. The highest BCUT2D eigenvalue weighted by Gasteiger charge is 2.37. The lowest BCUT2D eigenvalue weighted by atomic mass is 9.80. The number of carbonyl (C=O) groups excluding carboxylic acids is 1. The summed E-state index contributed by atoms with van der Waals surface area (Å²) < 4.78 is 11.0. The van der Waals surface area contributed by atoms with E-state index in [0.717, 1.165) is 46.0 Å². The summed E-state index contributed by atoms with van der Waals surface area (Å²) in [5, 5.41) is 4.09. The van der Waals surface area contributed by atoms with Crippen LogP contribution in [-0.4, -0.2) is 12.6 Å². The molecule has 0 aromatic heterocycles. The third-order valence-corrected chi connectivity index (χ3v) is 5.07. The summed E-state index contributed by atoms with van der Waals surface area (Å²) >= 11 is 6.20. The summed E-state index contributed by atoms with van der Waals surface area (Å²) in [4.78, 5) is 12.5. The zero-order valence-electron chi connectivity index (χ0n) is 12.8. The van der Waals surface area contributed by atoms with E-state index < -0.39 is 0 Å². The van der Waals surface area contributed by atoms with Gasteiger partial charge in [0, 0.05) is 40.4 Å². The van der Waals surface area contributed by atoms with Crippen LogP contribution in [0, 0.1) is 0 Å². The molecule has 5 rings (SSSR count). The molecule has 0 saturated heterocycles. The van der Waals surface area contributed by atoms with Gasteiger partial charge in [-0.25, -0.2) is 0 Å². The second-order valence-electron chi connectivity index (χ2n) is 6.22. The van der Waals surface area contributed by atoms with Crippen molar-refractivity contribution in [3.8, 4) is 11.5 Å². The van der Waals surface area contributed by atoms with Crippen molar-refractivity contribution in [3.05, 3.63) is 63.8 Å². The van der Waals surface area contributed by atoms with Crippen molar-refractivity contribution in [3.63, 3.8) is 0 Å². The monoisotopic (exact) mass is 339 g/mol. The molecule has 0 spiro atoms. The van der Waals surface area contributed by atoms with E-state index in [9.17, 15) is 4.79 Å². The third kappa shape index (κ3) is 1.96. The van der Waals surface area contributed by atoms with Crippen LogP contribution in [0.15, 0.2) is 47.7 Å². The quantitative estimate of drug-likeness (QED) is 0.844. The molecule has 5 heteroatoms. The first-order chi connectivity index (χ1) is 11.7. The summed E-state index contributed by atoms with van der Waals surface area (Å²) in [7, 11) is 0. The molecule has 1 aliphatic carbocycles. The number of ether oxygens (including phenoxy) is 2. The number of Topliss-reactive ketones (excluding diaryl/α,β-unsaturated/α-hetero) is 1. The molecule has 0 radical (unpaired) electrons. The minimum atomic E-state index is -0.126. The number of halogens is 1. The first kappa shape index (κ1) is 13.9.